The Morgan fingerprint density at radius 3 is 2.26 bits per heavy atom. The Morgan fingerprint density at radius 1 is 0.889 bits per heavy atom. The molecule has 0 radical (unpaired) electrons. The number of nitrogens with zero attached hydrogens (tertiary/aromatic N) is 1. The fraction of sp³-hybridized carbons (Fsp3) is 0.333. The van der Waals surface area contributed by atoms with Crippen LogP contribution in [0.1, 0.15) is 19.4 Å². The summed E-state index contributed by atoms with van der Waals surface area (Å²) >= 11 is 0. The molecule has 0 aromatic heterocycles. The van der Waals surface area contributed by atoms with Crippen molar-refractivity contribution in [1.29, 1.82) is 0 Å². The maximum absolute atomic E-state index is 10.8. The van der Waals surface area contributed by atoms with E-state index >= 15 is 0 Å². The summed E-state index contributed by atoms with van der Waals surface area (Å²) in [5, 5.41) is 13.0. The first-order valence-electron chi connectivity index (χ1n) is 9.80. The SMILES string of the molecule is CC[N+](CC)(CC(O)COc1cccc2ccccc12)c1ccc(C)cc1. The van der Waals surface area contributed by atoms with Crippen LogP contribution in [0.2, 0.25) is 0 Å². The Bertz CT molecular complexity index is 864. The number of quaternary nitrogens is 1. The van der Waals surface area contributed by atoms with Crippen molar-refractivity contribution in [3.63, 3.8) is 0 Å². The Hall–Kier alpha value is -2.36. The molecule has 3 aromatic rings. The molecule has 1 unspecified atom stereocenters. The number of hydrogen-bond acceptors (Lipinski definition) is 2. The van der Waals surface area contributed by atoms with E-state index in [1.165, 1.54) is 11.3 Å². The molecule has 3 heteroatoms. The molecule has 0 heterocycles. The molecule has 3 rings (SSSR count). The Morgan fingerprint density at radius 2 is 1.56 bits per heavy atom. The molecule has 0 fully saturated rings. The number of fused-ring (bicyclic) bond motifs is 1. The minimum absolute atomic E-state index is 0.292. The first-order chi connectivity index (χ1) is 13.1. The van der Waals surface area contributed by atoms with E-state index < -0.39 is 6.10 Å². The molecule has 142 valence electrons. The molecule has 1 N–H and O–H groups in total. The summed E-state index contributed by atoms with van der Waals surface area (Å²) in [4.78, 5) is 0. The molecular formula is C24H30NO2+. The van der Waals surface area contributed by atoms with Crippen molar-refractivity contribution >= 4 is 16.5 Å². The van der Waals surface area contributed by atoms with Gasteiger partial charge in [-0.1, -0.05) is 54.1 Å². The molecule has 3 nitrogen and oxygen atoms in total. The van der Waals surface area contributed by atoms with Gasteiger partial charge in [0.05, 0.1) is 13.1 Å². The summed E-state index contributed by atoms with van der Waals surface area (Å²) in [6, 6.07) is 22.9. The summed E-state index contributed by atoms with van der Waals surface area (Å²) in [7, 11) is 0. The second-order valence-corrected chi connectivity index (χ2v) is 7.24. The monoisotopic (exact) mass is 364 g/mol. The van der Waals surface area contributed by atoms with E-state index in [9.17, 15) is 5.11 Å². The summed E-state index contributed by atoms with van der Waals surface area (Å²) in [5.74, 6) is 0.827. The topological polar surface area (TPSA) is 29.5 Å². The summed E-state index contributed by atoms with van der Waals surface area (Å²) in [5.41, 5.74) is 2.50. The van der Waals surface area contributed by atoms with Crippen LogP contribution in [0.25, 0.3) is 10.8 Å². The van der Waals surface area contributed by atoms with Crippen LogP contribution in [-0.2, 0) is 0 Å². The summed E-state index contributed by atoms with van der Waals surface area (Å²) < 4.78 is 6.76. The van der Waals surface area contributed by atoms with Crippen molar-refractivity contribution in [3.8, 4) is 5.75 Å². The van der Waals surface area contributed by atoms with Gasteiger partial charge >= 0.3 is 0 Å². The predicted octanol–water partition coefficient (Wildman–Crippen LogP) is 4.94. The largest absolute Gasteiger partial charge is 0.490 e. The lowest BCUT2D eigenvalue weighted by Crippen LogP contribution is -2.54. The van der Waals surface area contributed by atoms with Gasteiger partial charge in [-0.25, -0.2) is 0 Å². The molecule has 0 aliphatic rings. The number of aliphatic hydroxyl groups excluding tert-OH is 1. The van der Waals surface area contributed by atoms with Crippen molar-refractivity contribution < 1.29 is 9.84 Å². The highest BCUT2D eigenvalue weighted by Crippen LogP contribution is 2.27. The molecule has 0 spiro atoms. The Kier molecular flexibility index (Phi) is 6.15. The molecule has 3 aromatic carbocycles. The van der Waals surface area contributed by atoms with Gasteiger partial charge in [-0.05, 0) is 44.4 Å². The van der Waals surface area contributed by atoms with Crippen molar-refractivity contribution in [1.82, 2.24) is 4.48 Å². The normalized spacial score (nSPS) is 12.9. The fourth-order valence-corrected chi connectivity index (χ4v) is 3.78. The lowest BCUT2D eigenvalue weighted by atomic mass is 10.1. The smallest absolute Gasteiger partial charge is 0.137 e. The highest BCUT2D eigenvalue weighted by Gasteiger charge is 2.30. The zero-order valence-corrected chi connectivity index (χ0v) is 16.6. The number of aliphatic hydroxyl groups is 1. The van der Waals surface area contributed by atoms with E-state index in [2.05, 4.69) is 63.2 Å². The number of benzene rings is 3. The second kappa shape index (κ2) is 8.55. The first-order valence-corrected chi connectivity index (χ1v) is 9.80. The number of likely N-dealkylation sites (N-methyl/N-ethyl adjacent to an activating group) is 1. The van der Waals surface area contributed by atoms with Gasteiger partial charge in [-0.15, -0.1) is 0 Å². The van der Waals surface area contributed by atoms with Crippen LogP contribution in [0, 0.1) is 6.92 Å². The molecule has 0 bridgehead atoms. The lowest BCUT2D eigenvalue weighted by Gasteiger charge is -2.38. The Labute approximate surface area is 162 Å². The van der Waals surface area contributed by atoms with Crippen LogP contribution in [0.15, 0.2) is 66.7 Å². The number of aryl methyl sites for hydroxylation is 1. The van der Waals surface area contributed by atoms with Gasteiger partial charge in [0, 0.05) is 5.39 Å². The van der Waals surface area contributed by atoms with E-state index in [-0.39, 0.29) is 0 Å². The molecule has 0 saturated carbocycles. The second-order valence-electron chi connectivity index (χ2n) is 7.24. The molecule has 0 saturated heterocycles. The third-order valence-corrected chi connectivity index (χ3v) is 5.53. The quantitative estimate of drug-likeness (QED) is 0.574. The third kappa shape index (κ3) is 4.32. The average Bonchev–Trinajstić information content (AvgIpc) is 2.71. The van der Waals surface area contributed by atoms with Crippen LogP contribution in [0.5, 0.6) is 5.75 Å². The molecule has 1 atom stereocenters. The van der Waals surface area contributed by atoms with E-state index in [1.807, 2.05) is 24.3 Å². The van der Waals surface area contributed by atoms with Crippen molar-refractivity contribution in [2.75, 3.05) is 26.2 Å². The lowest BCUT2D eigenvalue weighted by molar-refractivity contribution is 0.0736. The van der Waals surface area contributed by atoms with E-state index in [0.29, 0.717) is 13.2 Å². The van der Waals surface area contributed by atoms with Crippen LogP contribution in [0.4, 0.5) is 5.69 Å². The van der Waals surface area contributed by atoms with Crippen LogP contribution >= 0.6 is 0 Å². The highest BCUT2D eigenvalue weighted by molar-refractivity contribution is 5.88. The fourth-order valence-electron chi connectivity index (χ4n) is 3.78. The minimum Gasteiger partial charge on any atom is -0.490 e. The van der Waals surface area contributed by atoms with Crippen LogP contribution in [-0.4, -0.2) is 37.5 Å². The van der Waals surface area contributed by atoms with Gasteiger partial charge in [0.2, 0.25) is 0 Å². The van der Waals surface area contributed by atoms with Gasteiger partial charge in [0.1, 0.15) is 30.7 Å². The van der Waals surface area contributed by atoms with Gasteiger partial charge in [-0.2, -0.15) is 0 Å². The zero-order valence-electron chi connectivity index (χ0n) is 16.6. The van der Waals surface area contributed by atoms with Crippen LogP contribution in [0.3, 0.4) is 0 Å². The van der Waals surface area contributed by atoms with E-state index in [4.69, 9.17) is 4.74 Å². The first kappa shape index (κ1) is 19.4. The third-order valence-electron chi connectivity index (χ3n) is 5.53. The standard InChI is InChI=1S/C24H30NO2/c1-4-25(5-2,21-15-13-19(3)14-16-21)17-22(26)18-27-24-12-8-10-20-9-6-7-11-23(20)24/h6-16,22,26H,4-5,17-18H2,1-3H3/q+1. The zero-order chi connectivity index (χ0) is 19.3. The van der Waals surface area contributed by atoms with Crippen molar-refractivity contribution in [2.45, 2.75) is 26.9 Å². The van der Waals surface area contributed by atoms with Gasteiger partial charge in [0.15, 0.2) is 0 Å². The maximum atomic E-state index is 10.8. The van der Waals surface area contributed by atoms with E-state index in [1.54, 1.807) is 0 Å². The Balaban J connectivity index is 1.73. The maximum Gasteiger partial charge on any atom is 0.137 e. The van der Waals surface area contributed by atoms with Gasteiger partial charge < -0.3 is 9.84 Å². The van der Waals surface area contributed by atoms with Gasteiger partial charge in [0.25, 0.3) is 0 Å². The molecule has 27 heavy (non-hydrogen) atoms. The van der Waals surface area contributed by atoms with Crippen molar-refractivity contribution in [3.05, 3.63) is 72.3 Å². The van der Waals surface area contributed by atoms with Crippen molar-refractivity contribution in [2.24, 2.45) is 0 Å². The molecule has 0 aliphatic heterocycles. The molecular weight excluding hydrogens is 334 g/mol. The number of rotatable bonds is 8. The average molecular weight is 365 g/mol. The number of ether oxygens (including phenoxy) is 1. The van der Waals surface area contributed by atoms with E-state index in [0.717, 1.165) is 34.1 Å². The minimum atomic E-state index is -0.537. The number of hydrogen-bond donors (Lipinski definition) is 1. The molecule has 0 amide bonds. The molecule has 0 aliphatic carbocycles. The highest BCUT2D eigenvalue weighted by atomic mass is 16.5. The van der Waals surface area contributed by atoms with Gasteiger partial charge in [-0.3, -0.25) is 4.48 Å². The van der Waals surface area contributed by atoms with Crippen LogP contribution < -0.4 is 9.22 Å². The summed E-state index contributed by atoms with van der Waals surface area (Å²) in [6.45, 7) is 9.27. The predicted molar refractivity (Wildman–Crippen MR) is 114 cm³/mol. The summed E-state index contributed by atoms with van der Waals surface area (Å²) in [6.07, 6.45) is -0.537.